The van der Waals surface area contributed by atoms with Crippen LogP contribution >= 0.6 is 0 Å². The number of nitrogens with two attached hydrogens (primary N) is 1. The Balaban J connectivity index is 2.35. The van der Waals surface area contributed by atoms with Crippen LogP contribution in [0.2, 0.25) is 0 Å². The Labute approximate surface area is 124 Å². The summed E-state index contributed by atoms with van der Waals surface area (Å²) in [6, 6.07) is 7.09. The molecular formula is C18H30N2. The average Bonchev–Trinajstić information content (AvgIpc) is 2.83. The summed E-state index contributed by atoms with van der Waals surface area (Å²) in [4.78, 5) is 0. The molecule has 3 N–H and O–H groups in total. The first-order chi connectivity index (χ1) is 9.48. The second kappa shape index (κ2) is 6.28. The minimum atomic E-state index is 0.284. The quantitative estimate of drug-likeness (QED) is 0.616. The second-order valence-corrected chi connectivity index (χ2v) is 7.11. The van der Waals surface area contributed by atoms with Crippen molar-refractivity contribution in [2.24, 2.45) is 17.2 Å². The van der Waals surface area contributed by atoms with E-state index in [1.807, 2.05) is 0 Å². The zero-order chi connectivity index (χ0) is 14.8. The van der Waals surface area contributed by atoms with Gasteiger partial charge < -0.3 is 0 Å². The fourth-order valence-corrected chi connectivity index (χ4v) is 4.07. The molecule has 0 radical (unpaired) electrons. The summed E-state index contributed by atoms with van der Waals surface area (Å²) in [7, 11) is 0. The van der Waals surface area contributed by atoms with Gasteiger partial charge in [0, 0.05) is 0 Å². The van der Waals surface area contributed by atoms with Gasteiger partial charge in [-0.2, -0.15) is 0 Å². The van der Waals surface area contributed by atoms with Crippen LogP contribution in [0.4, 0.5) is 0 Å². The molecular weight excluding hydrogens is 244 g/mol. The molecule has 20 heavy (non-hydrogen) atoms. The van der Waals surface area contributed by atoms with Gasteiger partial charge in [-0.1, -0.05) is 44.9 Å². The molecule has 0 spiro atoms. The van der Waals surface area contributed by atoms with Gasteiger partial charge in [0.05, 0.1) is 6.04 Å². The first-order valence-electron chi connectivity index (χ1n) is 8.02. The summed E-state index contributed by atoms with van der Waals surface area (Å²) in [5.74, 6) is 6.70. The van der Waals surface area contributed by atoms with Gasteiger partial charge in [0.15, 0.2) is 0 Å². The van der Waals surface area contributed by atoms with Crippen LogP contribution in [0.15, 0.2) is 18.2 Å². The molecule has 0 saturated heterocycles. The van der Waals surface area contributed by atoms with Crippen molar-refractivity contribution in [3.8, 4) is 0 Å². The molecule has 0 bridgehead atoms. The van der Waals surface area contributed by atoms with E-state index in [0.29, 0.717) is 5.41 Å². The Morgan fingerprint density at radius 2 is 1.80 bits per heavy atom. The molecule has 1 aliphatic rings. The highest BCUT2D eigenvalue weighted by Gasteiger charge is 2.41. The zero-order valence-electron chi connectivity index (χ0n) is 13.5. The van der Waals surface area contributed by atoms with E-state index in [2.05, 4.69) is 51.3 Å². The van der Waals surface area contributed by atoms with Gasteiger partial charge in [0.25, 0.3) is 0 Å². The summed E-state index contributed by atoms with van der Waals surface area (Å²) in [6.07, 6.45) is 6.54. The molecule has 1 fully saturated rings. The third-order valence-electron chi connectivity index (χ3n) is 5.06. The van der Waals surface area contributed by atoms with Crippen molar-refractivity contribution in [3.63, 3.8) is 0 Å². The highest BCUT2D eigenvalue weighted by molar-refractivity contribution is 5.33. The van der Waals surface area contributed by atoms with Crippen LogP contribution in [-0.2, 0) is 0 Å². The predicted molar refractivity (Wildman–Crippen MR) is 86.3 cm³/mol. The number of hydrogen-bond donors (Lipinski definition) is 2. The maximum absolute atomic E-state index is 5.98. The van der Waals surface area contributed by atoms with E-state index in [4.69, 9.17) is 5.84 Å². The summed E-state index contributed by atoms with van der Waals surface area (Å²) >= 11 is 0. The molecule has 1 aromatic carbocycles. The van der Waals surface area contributed by atoms with Crippen LogP contribution in [-0.4, -0.2) is 0 Å². The topological polar surface area (TPSA) is 38.0 Å². The van der Waals surface area contributed by atoms with Crippen LogP contribution in [0, 0.1) is 25.2 Å². The van der Waals surface area contributed by atoms with Gasteiger partial charge in [0.2, 0.25) is 0 Å². The molecule has 2 rings (SSSR count). The van der Waals surface area contributed by atoms with Gasteiger partial charge in [-0.25, -0.2) is 0 Å². The lowest BCUT2D eigenvalue weighted by atomic mass is 9.70. The molecule has 0 aliphatic heterocycles. The van der Waals surface area contributed by atoms with Crippen molar-refractivity contribution in [2.45, 2.75) is 65.8 Å². The van der Waals surface area contributed by atoms with Gasteiger partial charge >= 0.3 is 0 Å². The number of nitrogens with one attached hydrogen (secondary N) is 1. The number of hydrogen-bond acceptors (Lipinski definition) is 2. The van der Waals surface area contributed by atoms with E-state index >= 15 is 0 Å². The van der Waals surface area contributed by atoms with E-state index in [0.717, 1.165) is 5.92 Å². The van der Waals surface area contributed by atoms with Crippen LogP contribution in [0.25, 0.3) is 0 Å². The largest absolute Gasteiger partial charge is 0.271 e. The third kappa shape index (κ3) is 3.07. The summed E-state index contributed by atoms with van der Waals surface area (Å²) in [6.45, 7) is 9.02. The Bertz CT molecular complexity index is 445. The van der Waals surface area contributed by atoms with Gasteiger partial charge in [-0.15, -0.1) is 0 Å². The lowest BCUT2D eigenvalue weighted by Gasteiger charge is -2.39. The molecule has 1 aromatic rings. The highest BCUT2D eigenvalue weighted by atomic mass is 15.2. The molecule has 1 saturated carbocycles. The third-order valence-corrected chi connectivity index (χ3v) is 5.06. The average molecular weight is 274 g/mol. The lowest BCUT2D eigenvalue weighted by molar-refractivity contribution is 0.156. The number of rotatable bonds is 5. The molecule has 1 aliphatic carbocycles. The van der Waals surface area contributed by atoms with E-state index in [9.17, 15) is 0 Å². The van der Waals surface area contributed by atoms with Crippen molar-refractivity contribution >= 4 is 0 Å². The van der Waals surface area contributed by atoms with Crippen molar-refractivity contribution < 1.29 is 0 Å². The van der Waals surface area contributed by atoms with Gasteiger partial charge in [-0.3, -0.25) is 11.3 Å². The molecule has 1 unspecified atom stereocenters. The van der Waals surface area contributed by atoms with Crippen molar-refractivity contribution in [3.05, 3.63) is 34.9 Å². The Morgan fingerprint density at radius 3 is 2.30 bits per heavy atom. The molecule has 2 heteroatoms. The maximum atomic E-state index is 5.98. The van der Waals surface area contributed by atoms with E-state index < -0.39 is 0 Å². The van der Waals surface area contributed by atoms with E-state index in [-0.39, 0.29) is 6.04 Å². The number of aryl methyl sites for hydroxylation is 2. The first kappa shape index (κ1) is 15.5. The molecule has 2 nitrogen and oxygen atoms in total. The SMILES string of the molecule is Cc1ccc(C(NN)C2(CC(C)C)CCCC2)cc1C. The van der Waals surface area contributed by atoms with Crippen LogP contribution in [0.5, 0.6) is 0 Å². The fourth-order valence-electron chi connectivity index (χ4n) is 4.07. The van der Waals surface area contributed by atoms with Gasteiger partial charge in [0.1, 0.15) is 0 Å². The Hall–Kier alpha value is -0.860. The summed E-state index contributed by atoms with van der Waals surface area (Å²) < 4.78 is 0. The minimum absolute atomic E-state index is 0.284. The standard InChI is InChI=1S/C18H30N2/c1-13(2)12-18(9-5-6-10-18)17(20-19)16-8-7-14(3)15(4)11-16/h7-8,11,13,17,20H,5-6,9-10,12,19H2,1-4H3. The van der Waals surface area contributed by atoms with Crippen molar-refractivity contribution in [2.75, 3.05) is 0 Å². The normalized spacial score (nSPS) is 19.5. The van der Waals surface area contributed by atoms with Crippen molar-refractivity contribution in [1.82, 2.24) is 5.43 Å². The van der Waals surface area contributed by atoms with Crippen LogP contribution in [0.1, 0.15) is 68.7 Å². The van der Waals surface area contributed by atoms with Crippen LogP contribution in [0.3, 0.4) is 0 Å². The summed E-state index contributed by atoms with van der Waals surface area (Å²) in [5.41, 5.74) is 7.57. The number of benzene rings is 1. The van der Waals surface area contributed by atoms with Gasteiger partial charge in [-0.05, 0) is 61.1 Å². The smallest absolute Gasteiger partial charge is 0.0516 e. The minimum Gasteiger partial charge on any atom is -0.271 e. The van der Waals surface area contributed by atoms with Crippen LogP contribution < -0.4 is 11.3 Å². The number of hydrazine groups is 1. The second-order valence-electron chi connectivity index (χ2n) is 7.11. The van der Waals surface area contributed by atoms with E-state index in [1.165, 1.54) is 48.8 Å². The predicted octanol–water partition coefficient (Wildman–Crippen LogP) is 4.41. The van der Waals surface area contributed by atoms with E-state index in [1.54, 1.807) is 0 Å². The maximum Gasteiger partial charge on any atom is 0.0516 e. The molecule has 0 aromatic heterocycles. The highest BCUT2D eigenvalue weighted by Crippen LogP contribution is 2.51. The molecule has 112 valence electrons. The Kier molecular flexibility index (Phi) is 4.87. The lowest BCUT2D eigenvalue weighted by Crippen LogP contribution is -2.41. The monoisotopic (exact) mass is 274 g/mol. The molecule has 0 heterocycles. The molecule has 1 atom stereocenters. The zero-order valence-corrected chi connectivity index (χ0v) is 13.5. The van der Waals surface area contributed by atoms with Crippen molar-refractivity contribution in [1.29, 1.82) is 0 Å². The first-order valence-corrected chi connectivity index (χ1v) is 8.02. The Morgan fingerprint density at radius 1 is 1.15 bits per heavy atom. The summed E-state index contributed by atoms with van der Waals surface area (Å²) in [5, 5.41) is 0. The fraction of sp³-hybridized carbons (Fsp3) is 0.667. The molecule has 0 amide bonds.